The van der Waals surface area contributed by atoms with Crippen LogP contribution < -0.4 is 0 Å². The van der Waals surface area contributed by atoms with Crippen LogP contribution in [0, 0.1) is 5.41 Å². The van der Waals surface area contributed by atoms with Crippen molar-refractivity contribution in [2.75, 3.05) is 33.2 Å². The van der Waals surface area contributed by atoms with Gasteiger partial charge in [-0.2, -0.15) is 0 Å². The Hall–Kier alpha value is -0.150. The molecule has 0 aromatic carbocycles. The molecule has 0 bridgehead atoms. The molecule has 0 aliphatic carbocycles. The molecule has 9 heavy (non-hydrogen) atoms. The van der Waals surface area contributed by atoms with Crippen molar-refractivity contribution in [1.82, 2.24) is 10.0 Å². The van der Waals surface area contributed by atoms with Crippen molar-refractivity contribution in [3.8, 4) is 0 Å². The highest BCUT2D eigenvalue weighted by molar-refractivity contribution is 5.02. The van der Waals surface area contributed by atoms with Gasteiger partial charge in [0.2, 0.25) is 0 Å². The molecule has 3 heteroatoms. The van der Waals surface area contributed by atoms with Crippen molar-refractivity contribution in [2.45, 2.75) is 0 Å². The standard InChI is InChI=1S/C6H11FN2/c1-8-2-6(3-8)4-9(7)5-6/h2-5H2,1H3. The lowest BCUT2D eigenvalue weighted by Gasteiger charge is -2.56. The molecule has 0 radical (unpaired) electrons. The van der Waals surface area contributed by atoms with E-state index < -0.39 is 0 Å². The third-order valence-electron chi connectivity index (χ3n) is 2.22. The second kappa shape index (κ2) is 1.47. The second-order valence-electron chi connectivity index (χ2n) is 3.45. The summed E-state index contributed by atoms with van der Waals surface area (Å²) in [5, 5.41) is 0.896. The fourth-order valence-corrected chi connectivity index (χ4v) is 1.98. The third kappa shape index (κ3) is 0.682. The highest BCUT2D eigenvalue weighted by Crippen LogP contribution is 2.38. The van der Waals surface area contributed by atoms with Gasteiger partial charge in [-0.05, 0) is 7.05 Å². The first-order valence-corrected chi connectivity index (χ1v) is 3.30. The van der Waals surface area contributed by atoms with Crippen molar-refractivity contribution in [3.05, 3.63) is 0 Å². The van der Waals surface area contributed by atoms with Crippen molar-refractivity contribution < 1.29 is 4.48 Å². The first kappa shape index (κ1) is 5.62. The van der Waals surface area contributed by atoms with Gasteiger partial charge in [0.25, 0.3) is 0 Å². The van der Waals surface area contributed by atoms with E-state index in [-0.39, 0.29) is 0 Å². The molecule has 0 saturated carbocycles. The lowest BCUT2D eigenvalue weighted by atomic mass is 9.75. The second-order valence-corrected chi connectivity index (χ2v) is 3.45. The average molecular weight is 130 g/mol. The molecule has 2 aliphatic rings. The van der Waals surface area contributed by atoms with Crippen LogP contribution in [0.25, 0.3) is 0 Å². The molecule has 2 saturated heterocycles. The zero-order valence-corrected chi connectivity index (χ0v) is 5.60. The largest absolute Gasteiger partial charge is 0.305 e. The fourth-order valence-electron chi connectivity index (χ4n) is 1.98. The van der Waals surface area contributed by atoms with Gasteiger partial charge in [0.05, 0.1) is 0 Å². The van der Waals surface area contributed by atoms with E-state index in [1.54, 1.807) is 0 Å². The summed E-state index contributed by atoms with van der Waals surface area (Å²) >= 11 is 0. The van der Waals surface area contributed by atoms with E-state index >= 15 is 0 Å². The van der Waals surface area contributed by atoms with Crippen LogP contribution in [0.3, 0.4) is 0 Å². The van der Waals surface area contributed by atoms with Crippen LogP contribution in [0.15, 0.2) is 0 Å². The monoisotopic (exact) mass is 130 g/mol. The Morgan fingerprint density at radius 3 is 2.11 bits per heavy atom. The molecule has 2 fully saturated rings. The van der Waals surface area contributed by atoms with Crippen LogP contribution in [-0.4, -0.2) is 43.2 Å². The molecule has 2 heterocycles. The third-order valence-corrected chi connectivity index (χ3v) is 2.22. The molecule has 2 nitrogen and oxygen atoms in total. The van der Waals surface area contributed by atoms with Gasteiger partial charge in [0.15, 0.2) is 0 Å². The maximum Gasteiger partial charge on any atom is 0.0385 e. The van der Waals surface area contributed by atoms with E-state index in [4.69, 9.17) is 0 Å². The maximum atomic E-state index is 12.2. The van der Waals surface area contributed by atoms with Gasteiger partial charge in [0, 0.05) is 31.6 Å². The van der Waals surface area contributed by atoms with Gasteiger partial charge in [-0.1, -0.05) is 0 Å². The van der Waals surface area contributed by atoms with E-state index in [2.05, 4.69) is 11.9 Å². The lowest BCUT2D eigenvalue weighted by molar-refractivity contribution is -0.187. The summed E-state index contributed by atoms with van der Waals surface area (Å²) in [6, 6.07) is 0. The number of likely N-dealkylation sites (tertiary alicyclic amines) is 1. The van der Waals surface area contributed by atoms with Gasteiger partial charge in [0.1, 0.15) is 0 Å². The summed E-state index contributed by atoms with van der Waals surface area (Å²) in [6.45, 7) is 3.51. The van der Waals surface area contributed by atoms with Crippen LogP contribution in [0.1, 0.15) is 0 Å². The number of rotatable bonds is 0. The summed E-state index contributed by atoms with van der Waals surface area (Å²) < 4.78 is 12.2. The first-order chi connectivity index (χ1) is 4.20. The Morgan fingerprint density at radius 2 is 1.78 bits per heavy atom. The minimum absolute atomic E-state index is 0.365. The van der Waals surface area contributed by atoms with Crippen molar-refractivity contribution in [2.24, 2.45) is 5.41 Å². The Balaban J connectivity index is 1.87. The highest BCUT2D eigenvalue weighted by atomic mass is 19.2. The van der Waals surface area contributed by atoms with E-state index in [9.17, 15) is 4.48 Å². The highest BCUT2D eigenvalue weighted by Gasteiger charge is 2.50. The van der Waals surface area contributed by atoms with Gasteiger partial charge < -0.3 is 4.90 Å². The average Bonchev–Trinajstić information content (AvgIpc) is 1.58. The molecule has 1 spiro atoms. The Kier molecular flexibility index (Phi) is 0.916. The number of halogens is 1. The first-order valence-electron chi connectivity index (χ1n) is 3.30. The van der Waals surface area contributed by atoms with Gasteiger partial charge in [-0.15, -0.1) is 9.60 Å². The van der Waals surface area contributed by atoms with E-state index in [1.165, 1.54) is 0 Å². The molecule has 2 rings (SSSR count). The molecular formula is C6H11FN2. The van der Waals surface area contributed by atoms with Crippen molar-refractivity contribution >= 4 is 0 Å². The fraction of sp³-hybridized carbons (Fsp3) is 1.00. The summed E-state index contributed by atoms with van der Waals surface area (Å²) in [6.07, 6.45) is 0. The molecule has 2 aliphatic heterocycles. The van der Waals surface area contributed by atoms with Crippen molar-refractivity contribution in [1.29, 1.82) is 0 Å². The zero-order chi connectivity index (χ0) is 6.48. The summed E-state index contributed by atoms with van der Waals surface area (Å²) in [7, 11) is 2.08. The summed E-state index contributed by atoms with van der Waals surface area (Å²) in [5.74, 6) is 0. The smallest absolute Gasteiger partial charge is 0.0385 e. The predicted octanol–water partition coefficient (Wildman–Crippen LogP) is 0.118. The maximum absolute atomic E-state index is 12.2. The molecular weight excluding hydrogens is 119 g/mol. The van der Waals surface area contributed by atoms with Crippen LogP contribution >= 0.6 is 0 Å². The van der Waals surface area contributed by atoms with Gasteiger partial charge >= 0.3 is 0 Å². The van der Waals surface area contributed by atoms with Crippen LogP contribution in [0.2, 0.25) is 0 Å². The van der Waals surface area contributed by atoms with E-state index in [1.807, 2.05) is 0 Å². The Bertz CT molecular complexity index is 106. The van der Waals surface area contributed by atoms with E-state index in [0.29, 0.717) is 18.5 Å². The molecule has 0 amide bonds. The Labute approximate surface area is 54.2 Å². The van der Waals surface area contributed by atoms with Crippen LogP contribution in [-0.2, 0) is 0 Å². The zero-order valence-electron chi connectivity index (χ0n) is 5.60. The minimum atomic E-state index is 0.365. The number of hydrogen-bond donors (Lipinski definition) is 0. The molecule has 0 N–H and O–H groups in total. The SMILES string of the molecule is CN1CC2(C1)CN(F)C2. The summed E-state index contributed by atoms with van der Waals surface area (Å²) in [5.41, 5.74) is 0.365. The number of hydrogen-bond acceptors (Lipinski definition) is 2. The minimum Gasteiger partial charge on any atom is -0.305 e. The summed E-state index contributed by atoms with van der Waals surface area (Å²) in [4.78, 5) is 2.23. The number of nitrogens with zero attached hydrogens (tertiary/aromatic N) is 2. The topological polar surface area (TPSA) is 6.48 Å². The molecule has 0 aromatic rings. The normalized spacial score (nSPS) is 34.0. The van der Waals surface area contributed by atoms with Gasteiger partial charge in [-0.3, -0.25) is 0 Å². The van der Waals surface area contributed by atoms with Gasteiger partial charge in [-0.25, -0.2) is 0 Å². The molecule has 0 atom stereocenters. The van der Waals surface area contributed by atoms with Crippen molar-refractivity contribution in [3.63, 3.8) is 0 Å². The van der Waals surface area contributed by atoms with E-state index in [0.717, 1.165) is 18.2 Å². The van der Waals surface area contributed by atoms with Crippen LogP contribution in [0.5, 0.6) is 0 Å². The molecule has 52 valence electrons. The lowest BCUT2D eigenvalue weighted by Crippen LogP contribution is -2.69. The Morgan fingerprint density at radius 1 is 1.22 bits per heavy atom. The predicted molar refractivity (Wildman–Crippen MR) is 32.6 cm³/mol. The quantitative estimate of drug-likeness (QED) is 0.430. The van der Waals surface area contributed by atoms with Crippen LogP contribution in [0.4, 0.5) is 4.48 Å². The molecule has 0 unspecified atom stereocenters. The molecule has 0 aromatic heterocycles.